The molecule has 7 aromatic rings. The van der Waals surface area contributed by atoms with E-state index in [-0.39, 0.29) is 35.8 Å². The maximum atomic E-state index is 10.3. The van der Waals surface area contributed by atoms with Crippen LogP contribution < -0.4 is 37.7 Å². The molecule has 0 amide bonds. The first-order chi connectivity index (χ1) is 26.4. The zero-order valence-electron chi connectivity index (χ0n) is 32.1. The summed E-state index contributed by atoms with van der Waals surface area (Å²) in [5, 5.41) is 20.6. The second-order valence-electron chi connectivity index (χ2n) is 18.1. The molecule has 0 bridgehead atoms. The molecule has 7 aromatic carbocycles. The topological polar surface area (TPSA) is 43.7 Å². The number of benzene rings is 7. The minimum Gasteiger partial charge on any atom is -0.508 e. The van der Waals surface area contributed by atoms with Crippen LogP contribution in [0.4, 0.5) is 17.1 Å². The van der Waals surface area contributed by atoms with Crippen LogP contribution in [0.15, 0.2) is 127 Å². The fraction of sp³-hybridized carbons (Fsp3) is 0.160. The fourth-order valence-corrected chi connectivity index (χ4v) is 10.1. The van der Waals surface area contributed by atoms with Crippen LogP contribution in [0.25, 0.3) is 44.5 Å². The Morgan fingerprint density at radius 2 is 0.982 bits per heavy atom. The summed E-state index contributed by atoms with van der Waals surface area (Å²) in [7, 11) is 0. The van der Waals surface area contributed by atoms with Gasteiger partial charge in [0, 0.05) is 17.1 Å². The van der Waals surface area contributed by atoms with Gasteiger partial charge in [-0.2, -0.15) is 0 Å². The van der Waals surface area contributed by atoms with Gasteiger partial charge < -0.3 is 15.1 Å². The quantitative estimate of drug-likeness (QED) is 0.178. The third kappa shape index (κ3) is 4.47. The average molecular weight is 710 g/mol. The summed E-state index contributed by atoms with van der Waals surface area (Å²) < 4.78 is 0. The van der Waals surface area contributed by atoms with Crippen molar-refractivity contribution < 1.29 is 10.2 Å². The van der Waals surface area contributed by atoms with E-state index in [0.29, 0.717) is 0 Å². The number of phenols is 2. The lowest BCUT2D eigenvalue weighted by molar-refractivity contribution is 0.475. The largest absolute Gasteiger partial charge is 0.508 e. The van der Waals surface area contributed by atoms with Crippen molar-refractivity contribution in [1.29, 1.82) is 0 Å². The number of anilines is 3. The fourth-order valence-electron chi connectivity index (χ4n) is 10.1. The van der Waals surface area contributed by atoms with Gasteiger partial charge in [-0.15, -0.1) is 0 Å². The van der Waals surface area contributed by atoms with E-state index in [0.717, 1.165) is 16.7 Å². The monoisotopic (exact) mass is 709 g/mol. The van der Waals surface area contributed by atoms with E-state index < -0.39 is 0 Å². The molecule has 4 aliphatic heterocycles. The van der Waals surface area contributed by atoms with Crippen LogP contribution in [0, 0.1) is 0 Å². The molecule has 2 N–H and O–H groups in total. The Morgan fingerprint density at radius 1 is 0.436 bits per heavy atom. The molecule has 0 unspecified atom stereocenters. The summed E-state index contributed by atoms with van der Waals surface area (Å²) in [6.45, 7) is 13.9. The average Bonchev–Trinajstić information content (AvgIpc) is 3.69. The molecule has 0 atom stereocenters. The van der Waals surface area contributed by atoms with E-state index in [4.69, 9.17) is 0 Å². The van der Waals surface area contributed by atoms with Gasteiger partial charge in [-0.1, -0.05) is 143 Å². The first-order valence-electron chi connectivity index (χ1n) is 19.5. The molecule has 0 spiro atoms. The minimum atomic E-state index is -0.0182. The number of phenolic OH excluding ortho intramolecular Hbond substituents is 2. The smallest absolute Gasteiger partial charge is 0.248 e. The van der Waals surface area contributed by atoms with Crippen LogP contribution in [0.5, 0.6) is 11.5 Å². The van der Waals surface area contributed by atoms with Crippen molar-refractivity contribution in [1.82, 2.24) is 0 Å². The Labute approximate surface area is 324 Å². The van der Waals surface area contributed by atoms with E-state index in [1.165, 1.54) is 88.8 Å². The molecule has 11 rings (SSSR count). The highest BCUT2D eigenvalue weighted by molar-refractivity contribution is 7.05. The van der Waals surface area contributed by atoms with Crippen LogP contribution in [0.1, 0.15) is 52.7 Å². The van der Waals surface area contributed by atoms with Gasteiger partial charge in [-0.3, -0.25) is 0 Å². The maximum Gasteiger partial charge on any atom is 0.248 e. The maximum absolute atomic E-state index is 10.3. The van der Waals surface area contributed by atoms with Crippen molar-refractivity contribution in [2.45, 2.75) is 52.4 Å². The van der Waals surface area contributed by atoms with Crippen LogP contribution in [0.3, 0.4) is 0 Å². The molecule has 3 nitrogen and oxygen atoms in total. The Kier molecular flexibility index (Phi) is 6.41. The Hall–Kier alpha value is -5.93. The zero-order valence-corrected chi connectivity index (χ0v) is 32.1. The third-order valence-electron chi connectivity index (χ3n) is 12.8. The van der Waals surface area contributed by atoms with Crippen LogP contribution in [-0.2, 0) is 10.8 Å². The predicted molar refractivity (Wildman–Crippen MR) is 233 cm³/mol. The summed E-state index contributed by atoms with van der Waals surface area (Å²) >= 11 is 0. The number of aromatic hydroxyl groups is 2. The summed E-state index contributed by atoms with van der Waals surface area (Å²) in [4.78, 5) is 2.59. The first kappa shape index (κ1) is 32.5. The molecule has 0 saturated carbocycles. The first-order valence-corrected chi connectivity index (χ1v) is 19.5. The zero-order chi connectivity index (χ0) is 37.7. The lowest BCUT2D eigenvalue weighted by Crippen LogP contribution is -2.63. The Balaban J connectivity index is 1.27. The molecule has 0 aromatic heterocycles. The Morgan fingerprint density at radius 3 is 1.60 bits per heavy atom. The van der Waals surface area contributed by atoms with Gasteiger partial charge in [-0.25, -0.2) is 0 Å². The molecule has 264 valence electrons. The van der Waals surface area contributed by atoms with Gasteiger partial charge in [0.2, 0.25) is 13.4 Å². The molecule has 4 heterocycles. The SMILES string of the molecule is CC(C)(C)c1ccc2c(c1)-c1cccc3c1B2c1cc(-c2ccc(O)cc2)cc2c1N3c1ccc(-c3ccc(O)cc3)c3c1B2c1ccc(C(C)(C)C)cc1-3. The Bertz CT molecular complexity index is 2810. The number of rotatable bonds is 2. The van der Waals surface area contributed by atoms with Gasteiger partial charge in [0.1, 0.15) is 11.5 Å². The predicted octanol–water partition coefficient (Wildman–Crippen LogP) is 8.12. The summed E-state index contributed by atoms with van der Waals surface area (Å²) in [5.41, 5.74) is 24.3. The molecular formula is C50H41B2NO2. The van der Waals surface area contributed by atoms with Gasteiger partial charge >= 0.3 is 0 Å². The van der Waals surface area contributed by atoms with Gasteiger partial charge in [-0.05, 0) is 125 Å². The molecule has 0 radical (unpaired) electrons. The molecule has 5 heteroatoms. The molecule has 4 aliphatic rings. The van der Waals surface area contributed by atoms with Crippen LogP contribution >= 0.6 is 0 Å². The van der Waals surface area contributed by atoms with E-state index in [2.05, 4.69) is 125 Å². The van der Waals surface area contributed by atoms with Crippen molar-refractivity contribution in [3.05, 3.63) is 139 Å². The summed E-state index contributed by atoms with van der Waals surface area (Å²) in [5.74, 6) is 0.540. The highest BCUT2D eigenvalue weighted by atomic mass is 16.3. The highest BCUT2D eigenvalue weighted by Gasteiger charge is 2.50. The normalized spacial score (nSPS) is 14.0. The molecular weight excluding hydrogens is 668 g/mol. The van der Waals surface area contributed by atoms with Crippen molar-refractivity contribution in [2.24, 2.45) is 0 Å². The second-order valence-corrected chi connectivity index (χ2v) is 18.1. The van der Waals surface area contributed by atoms with Crippen molar-refractivity contribution in [3.8, 4) is 56.0 Å². The number of nitrogens with zero attached hydrogens (tertiary/aromatic N) is 1. The van der Waals surface area contributed by atoms with E-state index in [9.17, 15) is 10.2 Å². The molecule has 55 heavy (non-hydrogen) atoms. The number of hydrogen-bond donors (Lipinski definition) is 2. The number of hydrogen-bond acceptors (Lipinski definition) is 3. The standard InChI is InChI=1S/C50H41B2NO2/c1-49(2,3)31-14-21-39-37(26-31)36-8-7-9-43-46(36)51(39)41-24-30(28-10-16-33(54)17-11-28)25-42-48(41)53(43)44-23-20-35(29-12-18-34(55)19-13-29)45-38-27-32(50(4,5)6)15-22-40(38)52(42)47(44)45/h7-27,54-55H,1-6H3. The summed E-state index contributed by atoms with van der Waals surface area (Å²) in [6.07, 6.45) is 0. The highest BCUT2D eigenvalue weighted by Crippen LogP contribution is 2.47. The third-order valence-corrected chi connectivity index (χ3v) is 12.8. The van der Waals surface area contributed by atoms with Crippen molar-refractivity contribution in [2.75, 3.05) is 4.90 Å². The van der Waals surface area contributed by atoms with Gasteiger partial charge in [0.05, 0.1) is 0 Å². The van der Waals surface area contributed by atoms with E-state index in [1.807, 2.05) is 24.3 Å². The van der Waals surface area contributed by atoms with Crippen molar-refractivity contribution >= 4 is 63.3 Å². The summed E-state index contributed by atoms with van der Waals surface area (Å²) in [6, 6.07) is 46.2. The minimum absolute atomic E-state index is 0.0182. The van der Waals surface area contributed by atoms with E-state index in [1.54, 1.807) is 24.3 Å². The second kappa shape index (κ2) is 10.9. The molecule has 0 fully saturated rings. The molecule has 0 aliphatic carbocycles. The molecule has 0 saturated heterocycles. The lowest BCUT2D eigenvalue weighted by atomic mass is 9.32. The van der Waals surface area contributed by atoms with Crippen LogP contribution in [-0.4, -0.2) is 23.6 Å². The van der Waals surface area contributed by atoms with Crippen molar-refractivity contribution in [3.63, 3.8) is 0 Å². The number of fused-ring (bicyclic) bond motifs is 10. The van der Waals surface area contributed by atoms with E-state index >= 15 is 0 Å². The van der Waals surface area contributed by atoms with Gasteiger partial charge in [0.15, 0.2) is 0 Å². The van der Waals surface area contributed by atoms with Gasteiger partial charge in [0.25, 0.3) is 0 Å². The lowest BCUT2D eigenvalue weighted by Gasteiger charge is -2.43. The van der Waals surface area contributed by atoms with Crippen LogP contribution in [0.2, 0.25) is 0 Å².